The van der Waals surface area contributed by atoms with Crippen molar-refractivity contribution in [3.05, 3.63) is 45.7 Å². The number of alkyl halides is 1. The van der Waals surface area contributed by atoms with E-state index < -0.39 is 0 Å². The van der Waals surface area contributed by atoms with Crippen molar-refractivity contribution in [3.8, 4) is 0 Å². The molecule has 15 heavy (non-hydrogen) atoms. The van der Waals surface area contributed by atoms with Gasteiger partial charge in [-0.15, -0.1) is 0 Å². The van der Waals surface area contributed by atoms with Crippen LogP contribution < -0.4 is 5.56 Å². The van der Waals surface area contributed by atoms with E-state index in [2.05, 4.69) is 27.0 Å². The summed E-state index contributed by atoms with van der Waals surface area (Å²) >= 11 is 3.44. The van der Waals surface area contributed by atoms with Crippen molar-refractivity contribution < 1.29 is 0 Å². The standard InChI is InChI=1S/C12H10BrNO/c13-6-7-5-9-8-3-1-2-4-10(8)14-12(15)11(7)9/h1-4,7H,5-6H2,(H,14,15). The number of aromatic amines is 1. The molecule has 0 amide bonds. The Morgan fingerprint density at radius 3 is 3.00 bits per heavy atom. The summed E-state index contributed by atoms with van der Waals surface area (Å²) in [6.45, 7) is 0. The summed E-state index contributed by atoms with van der Waals surface area (Å²) in [5, 5.41) is 2.07. The lowest BCUT2D eigenvalue weighted by molar-refractivity contribution is 0.674. The Hall–Kier alpha value is -1.09. The van der Waals surface area contributed by atoms with Gasteiger partial charge in [0.2, 0.25) is 0 Å². The maximum atomic E-state index is 11.8. The molecule has 1 aliphatic rings. The second-order valence-corrected chi connectivity index (χ2v) is 4.59. The molecule has 0 saturated carbocycles. The van der Waals surface area contributed by atoms with Gasteiger partial charge in [0.15, 0.2) is 0 Å². The molecule has 1 aromatic heterocycles. The van der Waals surface area contributed by atoms with Crippen LogP contribution in [0.2, 0.25) is 0 Å². The smallest absolute Gasteiger partial charge is 0.252 e. The van der Waals surface area contributed by atoms with Crippen molar-refractivity contribution in [1.82, 2.24) is 4.98 Å². The molecule has 76 valence electrons. The van der Waals surface area contributed by atoms with Crippen LogP contribution >= 0.6 is 15.9 Å². The zero-order chi connectivity index (χ0) is 10.4. The van der Waals surface area contributed by atoms with Crippen molar-refractivity contribution >= 4 is 26.8 Å². The third-order valence-electron chi connectivity index (χ3n) is 3.12. The van der Waals surface area contributed by atoms with Gasteiger partial charge in [-0.3, -0.25) is 4.79 Å². The highest BCUT2D eigenvalue weighted by Gasteiger charge is 2.30. The number of H-pyrrole nitrogens is 1. The summed E-state index contributed by atoms with van der Waals surface area (Å²) in [5.74, 6) is 0.397. The second kappa shape index (κ2) is 3.20. The summed E-state index contributed by atoms with van der Waals surface area (Å²) in [4.78, 5) is 14.7. The zero-order valence-corrected chi connectivity index (χ0v) is 9.67. The fourth-order valence-electron chi connectivity index (χ4n) is 2.33. The van der Waals surface area contributed by atoms with Gasteiger partial charge in [-0.2, -0.15) is 0 Å². The van der Waals surface area contributed by atoms with Gasteiger partial charge in [0.1, 0.15) is 0 Å². The highest BCUT2D eigenvalue weighted by molar-refractivity contribution is 9.09. The molecular weight excluding hydrogens is 254 g/mol. The SMILES string of the molecule is O=c1[nH]c2ccccc2c2c1C(CBr)C2. The van der Waals surface area contributed by atoms with Gasteiger partial charge < -0.3 is 4.98 Å². The molecular formula is C12H10BrNO. The minimum atomic E-state index is 0.0828. The highest BCUT2D eigenvalue weighted by atomic mass is 79.9. The first-order valence-electron chi connectivity index (χ1n) is 5.01. The number of hydrogen-bond donors (Lipinski definition) is 1. The lowest BCUT2D eigenvalue weighted by Gasteiger charge is -2.28. The van der Waals surface area contributed by atoms with Crippen LogP contribution in [-0.4, -0.2) is 10.3 Å². The quantitative estimate of drug-likeness (QED) is 0.789. The van der Waals surface area contributed by atoms with Crippen LogP contribution in [-0.2, 0) is 6.42 Å². The van der Waals surface area contributed by atoms with Gasteiger partial charge in [0.05, 0.1) is 0 Å². The van der Waals surface area contributed by atoms with Gasteiger partial charge in [-0.1, -0.05) is 34.1 Å². The molecule has 1 aliphatic carbocycles. The van der Waals surface area contributed by atoms with Crippen LogP contribution in [0.5, 0.6) is 0 Å². The number of rotatable bonds is 1. The van der Waals surface area contributed by atoms with Gasteiger partial charge in [-0.05, 0) is 18.1 Å². The lowest BCUT2D eigenvalue weighted by Crippen LogP contribution is -2.29. The fourth-order valence-corrected chi connectivity index (χ4v) is 2.88. The van der Waals surface area contributed by atoms with Gasteiger partial charge in [0.25, 0.3) is 5.56 Å². The molecule has 1 heterocycles. The van der Waals surface area contributed by atoms with E-state index in [1.807, 2.05) is 18.2 Å². The highest BCUT2D eigenvalue weighted by Crippen LogP contribution is 2.37. The van der Waals surface area contributed by atoms with E-state index in [0.29, 0.717) is 5.92 Å². The number of hydrogen-bond acceptors (Lipinski definition) is 1. The molecule has 1 atom stereocenters. The fraction of sp³-hybridized carbons (Fsp3) is 0.250. The third-order valence-corrected chi connectivity index (χ3v) is 3.90. The Morgan fingerprint density at radius 2 is 2.20 bits per heavy atom. The monoisotopic (exact) mass is 263 g/mol. The van der Waals surface area contributed by atoms with E-state index >= 15 is 0 Å². The van der Waals surface area contributed by atoms with Gasteiger partial charge in [0, 0.05) is 27.7 Å². The molecule has 0 spiro atoms. The van der Waals surface area contributed by atoms with E-state index in [1.54, 1.807) is 0 Å². The summed E-state index contributed by atoms with van der Waals surface area (Å²) < 4.78 is 0. The summed E-state index contributed by atoms with van der Waals surface area (Å²) in [7, 11) is 0. The van der Waals surface area contributed by atoms with Crippen molar-refractivity contribution in [2.45, 2.75) is 12.3 Å². The van der Waals surface area contributed by atoms with Crippen LogP contribution in [0.1, 0.15) is 17.0 Å². The van der Waals surface area contributed by atoms with Crippen molar-refractivity contribution in [2.24, 2.45) is 0 Å². The summed E-state index contributed by atoms with van der Waals surface area (Å²) in [6, 6.07) is 8.00. The lowest BCUT2D eigenvalue weighted by atomic mass is 9.78. The molecule has 0 fully saturated rings. The topological polar surface area (TPSA) is 32.9 Å². The molecule has 2 nitrogen and oxygen atoms in total. The first-order valence-corrected chi connectivity index (χ1v) is 6.13. The van der Waals surface area contributed by atoms with Crippen LogP contribution in [0.15, 0.2) is 29.1 Å². The van der Waals surface area contributed by atoms with Crippen LogP contribution in [0.4, 0.5) is 0 Å². The molecule has 0 radical (unpaired) electrons. The zero-order valence-electron chi connectivity index (χ0n) is 8.09. The van der Waals surface area contributed by atoms with Crippen molar-refractivity contribution in [3.63, 3.8) is 0 Å². The minimum absolute atomic E-state index is 0.0828. The number of para-hydroxylation sites is 1. The first-order chi connectivity index (χ1) is 7.31. The Balaban J connectivity index is 2.37. The Bertz CT molecular complexity index is 588. The maximum Gasteiger partial charge on any atom is 0.252 e. The molecule has 2 aromatic rings. The Kier molecular flexibility index (Phi) is 1.96. The van der Waals surface area contributed by atoms with Crippen LogP contribution in [0.25, 0.3) is 10.9 Å². The van der Waals surface area contributed by atoms with E-state index in [-0.39, 0.29) is 5.56 Å². The summed E-state index contributed by atoms with van der Waals surface area (Å²) in [5.41, 5.74) is 3.25. The Labute approximate surface area is 95.5 Å². The van der Waals surface area contributed by atoms with Gasteiger partial charge >= 0.3 is 0 Å². The molecule has 0 aliphatic heterocycles. The molecule has 1 N–H and O–H groups in total. The van der Waals surface area contributed by atoms with Crippen molar-refractivity contribution in [2.75, 3.05) is 5.33 Å². The predicted octanol–water partition coefficient (Wildman–Crippen LogP) is 2.56. The number of nitrogens with one attached hydrogen (secondary N) is 1. The van der Waals surface area contributed by atoms with Crippen LogP contribution in [0, 0.1) is 0 Å². The maximum absolute atomic E-state index is 11.8. The third kappa shape index (κ3) is 1.19. The van der Waals surface area contributed by atoms with E-state index in [4.69, 9.17) is 0 Å². The van der Waals surface area contributed by atoms with E-state index in [1.165, 1.54) is 10.9 Å². The average molecular weight is 264 g/mol. The normalized spacial score (nSPS) is 18.6. The number of aromatic nitrogens is 1. The largest absolute Gasteiger partial charge is 0.322 e. The number of fused-ring (bicyclic) bond motifs is 3. The number of pyridine rings is 1. The molecule has 1 aromatic carbocycles. The Morgan fingerprint density at radius 1 is 1.40 bits per heavy atom. The molecule has 1 unspecified atom stereocenters. The first kappa shape index (κ1) is 9.16. The molecule has 0 bridgehead atoms. The van der Waals surface area contributed by atoms with E-state index in [9.17, 15) is 4.79 Å². The summed E-state index contributed by atoms with van der Waals surface area (Å²) in [6.07, 6.45) is 1.02. The van der Waals surface area contributed by atoms with Crippen molar-refractivity contribution in [1.29, 1.82) is 0 Å². The average Bonchev–Trinajstić information content (AvgIpc) is 2.18. The second-order valence-electron chi connectivity index (χ2n) is 3.95. The molecule has 0 saturated heterocycles. The van der Waals surface area contributed by atoms with Gasteiger partial charge in [-0.25, -0.2) is 0 Å². The predicted molar refractivity (Wildman–Crippen MR) is 64.8 cm³/mol. The number of halogens is 1. The van der Waals surface area contributed by atoms with Crippen LogP contribution in [0.3, 0.4) is 0 Å². The van der Waals surface area contributed by atoms with E-state index in [0.717, 1.165) is 22.8 Å². The molecule has 3 rings (SSSR count). The minimum Gasteiger partial charge on any atom is -0.322 e. The molecule has 3 heteroatoms. The number of benzene rings is 1.